The van der Waals surface area contributed by atoms with Crippen molar-refractivity contribution >= 4 is 29.2 Å². The molecular weight excluding hydrogens is 259 g/mol. The molecule has 6 heteroatoms. The van der Waals surface area contributed by atoms with E-state index < -0.39 is 0 Å². The second-order valence-electron chi connectivity index (χ2n) is 4.40. The first kappa shape index (κ1) is 12.8. The van der Waals surface area contributed by atoms with E-state index in [2.05, 4.69) is 27.2 Å². The molecule has 2 unspecified atom stereocenters. The summed E-state index contributed by atoms with van der Waals surface area (Å²) in [4.78, 5) is 11.8. The van der Waals surface area contributed by atoms with Crippen LogP contribution in [0.2, 0.25) is 10.6 Å². The Labute approximate surface area is 111 Å². The van der Waals surface area contributed by atoms with Gasteiger partial charge in [-0.25, -0.2) is 0 Å². The lowest BCUT2D eigenvalue weighted by molar-refractivity contribution is 0.316. The molecular formula is C11H16Cl2N4. The average Bonchev–Trinajstić information content (AvgIpc) is 2.28. The Morgan fingerprint density at radius 3 is 2.41 bits per heavy atom. The Morgan fingerprint density at radius 2 is 1.76 bits per heavy atom. The van der Waals surface area contributed by atoms with Crippen LogP contribution in [0.4, 0.5) is 5.95 Å². The van der Waals surface area contributed by atoms with E-state index in [9.17, 15) is 0 Å². The molecule has 2 atom stereocenters. The first-order valence-corrected chi connectivity index (χ1v) is 6.78. The molecule has 1 N–H and O–H groups in total. The van der Waals surface area contributed by atoms with Crippen LogP contribution in [0.1, 0.15) is 39.0 Å². The standard InChI is InChI=1S/C11H16Cl2N4/c1-2-7-5-3-4-6-8(7)14-11-16-9(12)15-10(13)17-11/h7-8H,2-6H2,1H3,(H,14,15,16,17). The molecule has 1 saturated carbocycles. The molecule has 0 bridgehead atoms. The van der Waals surface area contributed by atoms with Crippen LogP contribution < -0.4 is 5.32 Å². The van der Waals surface area contributed by atoms with Gasteiger partial charge < -0.3 is 5.32 Å². The summed E-state index contributed by atoms with van der Waals surface area (Å²) in [6, 6.07) is 0.420. The van der Waals surface area contributed by atoms with Gasteiger partial charge in [0, 0.05) is 6.04 Å². The molecule has 1 aromatic rings. The summed E-state index contributed by atoms with van der Waals surface area (Å²) in [5, 5.41) is 3.60. The molecule has 4 nitrogen and oxygen atoms in total. The Balaban J connectivity index is 2.08. The first-order chi connectivity index (χ1) is 8.19. The van der Waals surface area contributed by atoms with Crippen molar-refractivity contribution in [3.63, 3.8) is 0 Å². The summed E-state index contributed by atoms with van der Waals surface area (Å²) < 4.78 is 0. The lowest BCUT2D eigenvalue weighted by Gasteiger charge is -2.31. The third-order valence-corrected chi connectivity index (χ3v) is 3.67. The normalized spacial score (nSPS) is 24.6. The lowest BCUT2D eigenvalue weighted by Crippen LogP contribution is -2.32. The molecule has 1 aliphatic carbocycles. The minimum absolute atomic E-state index is 0.136. The Hall–Kier alpha value is -0.610. The summed E-state index contributed by atoms with van der Waals surface area (Å²) >= 11 is 11.5. The van der Waals surface area contributed by atoms with Crippen LogP contribution in [0.3, 0.4) is 0 Å². The topological polar surface area (TPSA) is 50.7 Å². The zero-order chi connectivity index (χ0) is 12.3. The van der Waals surface area contributed by atoms with Gasteiger partial charge in [0.2, 0.25) is 16.5 Å². The Morgan fingerprint density at radius 1 is 1.12 bits per heavy atom. The van der Waals surface area contributed by atoms with Crippen LogP contribution in [0, 0.1) is 5.92 Å². The van der Waals surface area contributed by atoms with E-state index in [-0.39, 0.29) is 10.6 Å². The van der Waals surface area contributed by atoms with Gasteiger partial charge in [-0.05, 0) is 42.0 Å². The van der Waals surface area contributed by atoms with Gasteiger partial charge in [0.1, 0.15) is 0 Å². The van der Waals surface area contributed by atoms with Crippen LogP contribution in [-0.4, -0.2) is 21.0 Å². The monoisotopic (exact) mass is 274 g/mol. The number of nitrogens with zero attached hydrogens (tertiary/aromatic N) is 3. The van der Waals surface area contributed by atoms with Crippen molar-refractivity contribution in [1.29, 1.82) is 0 Å². The molecule has 0 radical (unpaired) electrons. The number of halogens is 2. The zero-order valence-electron chi connectivity index (χ0n) is 9.79. The zero-order valence-corrected chi connectivity index (χ0v) is 11.3. The van der Waals surface area contributed by atoms with E-state index >= 15 is 0 Å². The third-order valence-electron chi connectivity index (χ3n) is 3.33. The summed E-state index contributed by atoms with van der Waals surface area (Å²) in [5.41, 5.74) is 0. The van der Waals surface area contributed by atoms with Crippen molar-refractivity contribution in [1.82, 2.24) is 15.0 Å². The highest BCUT2D eigenvalue weighted by atomic mass is 35.5. The highest BCUT2D eigenvalue weighted by molar-refractivity contribution is 6.31. The average molecular weight is 275 g/mol. The maximum absolute atomic E-state index is 5.75. The highest BCUT2D eigenvalue weighted by Gasteiger charge is 2.24. The van der Waals surface area contributed by atoms with Crippen molar-refractivity contribution in [3.8, 4) is 0 Å². The van der Waals surface area contributed by atoms with Gasteiger partial charge in [0.15, 0.2) is 0 Å². The van der Waals surface area contributed by atoms with Crippen LogP contribution in [0.15, 0.2) is 0 Å². The SMILES string of the molecule is CCC1CCCCC1Nc1nc(Cl)nc(Cl)n1. The quantitative estimate of drug-likeness (QED) is 0.916. The van der Waals surface area contributed by atoms with E-state index in [1.54, 1.807) is 0 Å². The number of hydrogen-bond acceptors (Lipinski definition) is 4. The molecule has 1 aromatic heterocycles. The van der Waals surface area contributed by atoms with Crippen LogP contribution in [0.5, 0.6) is 0 Å². The largest absolute Gasteiger partial charge is 0.351 e. The van der Waals surface area contributed by atoms with Crippen molar-refractivity contribution < 1.29 is 0 Å². The molecule has 2 rings (SSSR count). The Kier molecular flexibility index (Phi) is 4.40. The van der Waals surface area contributed by atoms with E-state index in [1.165, 1.54) is 25.7 Å². The molecule has 0 spiro atoms. The second kappa shape index (κ2) is 5.83. The number of anilines is 1. The molecule has 1 heterocycles. The third kappa shape index (κ3) is 3.42. The minimum atomic E-state index is 0.136. The van der Waals surface area contributed by atoms with Crippen molar-refractivity contribution in [3.05, 3.63) is 10.6 Å². The van der Waals surface area contributed by atoms with E-state index in [4.69, 9.17) is 23.2 Å². The van der Waals surface area contributed by atoms with Crippen LogP contribution in [-0.2, 0) is 0 Å². The number of aromatic nitrogens is 3. The van der Waals surface area contributed by atoms with Gasteiger partial charge in [0.05, 0.1) is 0 Å². The molecule has 0 aliphatic heterocycles. The fourth-order valence-electron chi connectivity index (χ4n) is 2.44. The van der Waals surface area contributed by atoms with Gasteiger partial charge in [0.25, 0.3) is 0 Å². The van der Waals surface area contributed by atoms with E-state index in [0.717, 1.165) is 6.42 Å². The summed E-state index contributed by atoms with van der Waals surface area (Å²) in [7, 11) is 0. The summed E-state index contributed by atoms with van der Waals surface area (Å²) in [5.74, 6) is 1.17. The second-order valence-corrected chi connectivity index (χ2v) is 5.08. The van der Waals surface area contributed by atoms with Crippen molar-refractivity contribution in [2.75, 3.05) is 5.32 Å². The van der Waals surface area contributed by atoms with E-state index in [1.807, 2.05) is 0 Å². The molecule has 94 valence electrons. The first-order valence-electron chi connectivity index (χ1n) is 6.02. The molecule has 1 aliphatic rings. The summed E-state index contributed by atoms with van der Waals surface area (Å²) in [6.45, 7) is 2.22. The van der Waals surface area contributed by atoms with Crippen LogP contribution >= 0.6 is 23.2 Å². The van der Waals surface area contributed by atoms with Gasteiger partial charge in [-0.15, -0.1) is 0 Å². The molecule has 0 aromatic carbocycles. The fraction of sp³-hybridized carbons (Fsp3) is 0.727. The number of rotatable bonds is 3. The van der Waals surface area contributed by atoms with Gasteiger partial charge in [-0.2, -0.15) is 15.0 Å². The van der Waals surface area contributed by atoms with Gasteiger partial charge in [-0.3, -0.25) is 0 Å². The van der Waals surface area contributed by atoms with Crippen LogP contribution in [0.25, 0.3) is 0 Å². The summed E-state index contributed by atoms with van der Waals surface area (Å²) in [6.07, 6.45) is 6.15. The van der Waals surface area contributed by atoms with Crippen molar-refractivity contribution in [2.45, 2.75) is 45.1 Å². The van der Waals surface area contributed by atoms with Gasteiger partial charge >= 0.3 is 0 Å². The number of nitrogens with one attached hydrogen (secondary N) is 1. The fourth-order valence-corrected chi connectivity index (χ4v) is 2.81. The van der Waals surface area contributed by atoms with E-state index in [0.29, 0.717) is 17.9 Å². The number of hydrogen-bond donors (Lipinski definition) is 1. The van der Waals surface area contributed by atoms with Crippen molar-refractivity contribution in [2.24, 2.45) is 5.92 Å². The maximum atomic E-state index is 5.75. The molecule has 0 saturated heterocycles. The predicted octanol–water partition coefficient (Wildman–Crippen LogP) is 3.56. The predicted molar refractivity (Wildman–Crippen MR) is 69.5 cm³/mol. The maximum Gasteiger partial charge on any atom is 0.228 e. The van der Waals surface area contributed by atoms with Gasteiger partial charge in [-0.1, -0.05) is 26.2 Å². The molecule has 1 fully saturated rings. The highest BCUT2D eigenvalue weighted by Crippen LogP contribution is 2.28. The Bertz CT molecular complexity index is 365. The molecule has 17 heavy (non-hydrogen) atoms. The lowest BCUT2D eigenvalue weighted by atomic mass is 9.83. The molecule has 0 amide bonds. The minimum Gasteiger partial charge on any atom is -0.351 e. The smallest absolute Gasteiger partial charge is 0.228 e.